The van der Waals surface area contributed by atoms with Crippen molar-refractivity contribution in [3.8, 4) is 0 Å². The summed E-state index contributed by atoms with van der Waals surface area (Å²) in [7, 11) is -5.15. The minimum absolute atomic E-state index is 0.0140. The van der Waals surface area contributed by atoms with Crippen molar-refractivity contribution >= 4 is 19.8 Å². The summed E-state index contributed by atoms with van der Waals surface area (Å²) >= 11 is 0. The van der Waals surface area contributed by atoms with E-state index < -0.39 is 75.7 Å². The van der Waals surface area contributed by atoms with E-state index in [-0.39, 0.29) is 12.8 Å². The van der Waals surface area contributed by atoms with Gasteiger partial charge in [-0.1, -0.05) is 197 Å². The van der Waals surface area contributed by atoms with Crippen LogP contribution in [-0.4, -0.2) is 98.3 Å². The lowest BCUT2D eigenvalue weighted by Gasteiger charge is -2.41. The Bertz CT molecular complexity index is 1430. The molecule has 0 bridgehead atoms. The number of phosphoric acid groups is 1. The van der Waals surface area contributed by atoms with Crippen LogP contribution in [0.15, 0.2) is 60.8 Å². The number of aliphatic hydroxyl groups is 5. The van der Waals surface area contributed by atoms with Gasteiger partial charge in [0, 0.05) is 12.8 Å². The van der Waals surface area contributed by atoms with Crippen LogP contribution in [0.4, 0.5) is 0 Å². The third-order valence-electron chi connectivity index (χ3n) is 12.3. The lowest BCUT2D eigenvalue weighted by Crippen LogP contribution is -2.64. The van der Waals surface area contributed by atoms with Crippen molar-refractivity contribution in [1.29, 1.82) is 0 Å². The summed E-state index contributed by atoms with van der Waals surface area (Å²) in [4.78, 5) is 35.8. The van der Waals surface area contributed by atoms with E-state index >= 15 is 0 Å². The second-order valence-electron chi connectivity index (χ2n) is 18.7. The Morgan fingerprint density at radius 1 is 0.449 bits per heavy atom. The molecule has 1 rings (SSSR count). The highest BCUT2D eigenvalue weighted by Crippen LogP contribution is 2.47. The molecule has 1 saturated carbocycles. The van der Waals surface area contributed by atoms with Gasteiger partial charge in [0.25, 0.3) is 0 Å². The van der Waals surface area contributed by atoms with Crippen LogP contribution >= 0.6 is 7.82 Å². The molecule has 69 heavy (non-hydrogen) atoms. The molecule has 0 spiro atoms. The van der Waals surface area contributed by atoms with Gasteiger partial charge >= 0.3 is 19.8 Å². The number of hydrogen-bond donors (Lipinski definition) is 6. The monoisotopic (exact) mass is 997 g/mol. The van der Waals surface area contributed by atoms with E-state index in [0.29, 0.717) is 25.7 Å². The molecule has 14 heteroatoms. The number of unbranched alkanes of at least 4 members (excludes halogenated alkanes) is 23. The molecule has 0 radical (unpaired) electrons. The van der Waals surface area contributed by atoms with E-state index in [0.717, 1.165) is 38.5 Å². The molecule has 6 unspecified atom stereocenters. The zero-order chi connectivity index (χ0) is 50.6. The first-order valence-corrected chi connectivity index (χ1v) is 28.6. The third kappa shape index (κ3) is 36.2. The van der Waals surface area contributed by atoms with Crippen LogP contribution < -0.4 is 0 Å². The molecule has 8 atom stereocenters. The fourth-order valence-electron chi connectivity index (χ4n) is 7.99. The molecule has 0 aromatic carbocycles. The first kappa shape index (κ1) is 64.6. The maximum atomic E-state index is 12.9. The maximum absolute atomic E-state index is 12.9. The molecule has 1 fully saturated rings. The van der Waals surface area contributed by atoms with Crippen LogP contribution in [0.2, 0.25) is 0 Å². The molecular formula is C55H97O13P. The van der Waals surface area contributed by atoms with Crippen molar-refractivity contribution in [2.75, 3.05) is 13.2 Å². The smallest absolute Gasteiger partial charge is 0.462 e. The lowest BCUT2D eigenvalue weighted by molar-refractivity contribution is -0.220. The van der Waals surface area contributed by atoms with E-state index in [4.69, 9.17) is 18.5 Å². The van der Waals surface area contributed by atoms with Crippen LogP contribution in [0.25, 0.3) is 0 Å². The van der Waals surface area contributed by atoms with Crippen molar-refractivity contribution in [3.05, 3.63) is 60.8 Å². The molecular weight excluding hydrogens is 900 g/mol. The van der Waals surface area contributed by atoms with Gasteiger partial charge in [-0.15, -0.1) is 0 Å². The van der Waals surface area contributed by atoms with E-state index in [9.17, 15) is 44.6 Å². The Labute approximate surface area is 417 Å². The summed E-state index contributed by atoms with van der Waals surface area (Å²) in [6, 6.07) is 0. The molecule has 1 aliphatic rings. The Morgan fingerprint density at radius 2 is 0.783 bits per heavy atom. The van der Waals surface area contributed by atoms with Crippen molar-refractivity contribution in [2.45, 2.75) is 262 Å². The molecule has 0 saturated heterocycles. The summed E-state index contributed by atoms with van der Waals surface area (Å²) in [5.74, 6) is -1.20. The Hall–Kier alpha value is -2.45. The molecule has 0 amide bonds. The molecule has 0 aliphatic heterocycles. The summed E-state index contributed by atoms with van der Waals surface area (Å²) < 4.78 is 33.6. The van der Waals surface area contributed by atoms with Gasteiger partial charge in [0.15, 0.2) is 6.10 Å². The van der Waals surface area contributed by atoms with Crippen molar-refractivity contribution in [1.82, 2.24) is 0 Å². The molecule has 0 aromatic heterocycles. The molecule has 0 heterocycles. The van der Waals surface area contributed by atoms with Gasteiger partial charge in [0.2, 0.25) is 0 Å². The molecule has 1 aliphatic carbocycles. The number of carbonyl (C=O) groups is 2. The van der Waals surface area contributed by atoms with Crippen molar-refractivity contribution in [3.63, 3.8) is 0 Å². The highest BCUT2D eigenvalue weighted by molar-refractivity contribution is 7.47. The van der Waals surface area contributed by atoms with Crippen LogP contribution in [0.3, 0.4) is 0 Å². The number of hydrogen-bond acceptors (Lipinski definition) is 12. The summed E-state index contributed by atoms with van der Waals surface area (Å²) in [5.41, 5.74) is 0. The average Bonchev–Trinajstić information content (AvgIpc) is 3.33. The number of ether oxygens (including phenoxy) is 2. The highest BCUT2D eigenvalue weighted by Gasteiger charge is 2.51. The Balaban J connectivity index is 2.40. The molecule has 400 valence electrons. The van der Waals surface area contributed by atoms with Crippen molar-refractivity contribution in [2.24, 2.45) is 0 Å². The standard InChI is InChI=1S/C55H97O13P/c1-3-5-7-9-11-13-15-17-19-21-22-23-24-25-26-28-29-31-33-35-37-39-41-43-48(56)65-45-47(46-66-69(63,64)68-55-53(61)51(59)50(58)52(60)54(55)62)67-49(57)44-42-40-38-36-34-32-30-27-20-18-16-14-12-10-8-6-4-2/h12,14,18,20,30,32,35-38,47,50-55,58-62H,3-11,13,15-17,19,21-29,31,33-34,39-46H2,1-2H3,(H,63,64)/b14-12+,20-18+,32-30+,37-35+,38-36+/t47-,50?,51-,52?,53?,54?,55?/m0/s1. The van der Waals surface area contributed by atoms with E-state index in [2.05, 4.69) is 62.5 Å². The van der Waals surface area contributed by atoms with Crippen LogP contribution in [0, 0.1) is 0 Å². The number of carbonyl (C=O) groups excluding carboxylic acids is 2. The quantitative estimate of drug-likeness (QED) is 0.0145. The predicted octanol–water partition coefficient (Wildman–Crippen LogP) is 12.1. The van der Waals surface area contributed by atoms with Gasteiger partial charge in [0.05, 0.1) is 6.61 Å². The average molecular weight is 997 g/mol. The highest BCUT2D eigenvalue weighted by atomic mass is 31.2. The second kappa shape index (κ2) is 44.3. The van der Waals surface area contributed by atoms with E-state index in [1.165, 1.54) is 128 Å². The third-order valence-corrected chi connectivity index (χ3v) is 13.3. The van der Waals surface area contributed by atoms with Crippen LogP contribution in [0.1, 0.15) is 219 Å². The number of allylic oxidation sites excluding steroid dienone is 10. The zero-order valence-corrected chi connectivity index (χ0v) is 43.7. The minimum atomic E-state index is -5.15. The molecule has 13 nitrogen and oxygen atoms in total. The molecule has 0 aromatic rings. The number of esters is 2. The number of aliphatic hydroxyl groups excluding tert-OH is 5. The van der Waals surface area contributed by atoms with Gasteiger partial charge in [-0.3, -0.25) is 18.6 Å². The van der Waals surface area contributed by atoms with Gasteiger partial charge in [-0.2, -0.15) is 0 Å². The Morgan fingerprint density at radius 3 is 1.23 bits per heavy atom. The summed E-state index contributed by atoms with van der Waals surface area (Å²) in [6.45, 7) is 3.23. The zero-order valence-electron chi connectivity index (χ0n) is 42.8. The predicted molar refractivity (Wildman–Crippen MR) is 276 cm³/mol. The van der Waals surface area contributed by atoms with Crippen molar-refractivity contribution < 1.29 is 63.1 Å². The maximum Gasteiger partial charge on any atom is 0.472 e. The first-order chi connectivity index (χ1) is 33.4. The van der Waals surface area contributed by atoms with Crippen LogP contribution in [0.5, 0.6) is 0 Å². The van der Waals surface area contributed by atoms with Crippen LogP contribution in [-0.2, 0) is 32.7 Å². The van der Waals surface area contributed by atoms with Gasteiger partial charge in [-0.25, -0.2) is 4.57 Å². The fraction of sp³-hybridized carbons (Fsp3) is 0.782. The second-order valence-corrected chi connectivity index (χ2v) is 20.1. The normalized spacial score (nSPS) is 21.3. The number of rotatable bonds is 45. The fourth-order valence-corrected chi connectivity index (χ4v) is 8.96. The SMILES string of the molecule is CCCCC/C=C/C/C=C/C/C=C/C/C=C/CCCC(=O)O[C@@H](COC(=O)CCC/C=C/CCCCCCCCCCCCCCCCCCCC)COP(=O)(O)OC1C(O)C(O)C(O)[C@H](O)C1O. The van der Waals surface area contributed by atoms with Gasteiger partial charge in [0.1, 0.15) is 43.2 Å². The Kier molecular flexibility index (Phi) is 41.4. The topological polar surface area (TPSA) is 210 Å². The lowest BCUT2D eigenvalue weighted by atomic mass is 9.85. The summed E-state index contributed by atoms with van der Waals surface area (Å²) in [6.07, 6.45) is 42.9. The van der Waals surface area contributed by atoms with Gasteiger partial charge in [-0.05, 0) is 70.6 Å². The van der Waals surface area contributed by atoms with Gasteiger partial charge < -0.3 is 39.9 Å². The minimum Gasteiger partial charge on any atom is -0.462 e. The summed E-state index contributed by atoms with van der Waals surface area (Å²) in [5, 5.41) is 50.3. The number of phosphoric ester groups is 1. The largest absolute Gasteiger partial charge is 0.472 e. The molecule has 6 N–H and O–H groups in total. The van der Waals surface area contributed by atoms with E-state index in [1.807, 2.05) is 12.2 Å². The van der Waals surface area contributed by atoms with E-state index in [1.54, 1.807) is 0 Å². The first-order valence-electron chi connectivity index (χ1n) is 27.1.